The number of rotatable bonds is 5. The van der Waals surface area contributed by atoms with Gasteiger partial charge in [-0.15, -0.1) is 0 Å². The molecule has 0 aromatic heterocycles. The van der Waals surface area contributed by atoms with Gasteiger partial charge in [0.15, 0.2) is 0 Å². The van der Waals surface area contributed by atoms with Crippen LogP contribution in [0.15, 0.2) is 42.5 Å². The summed E-state index contributed by atoms with van der Waals surface area (Å²) < 4.78 is 4.73. The molecule has 0 aliphatic carbocycles. The third-order valence-corrected chi connectivity index (χ3v) is 5.00. The van der Waals surface area contributed by atoms with E-state index in [1.165, 1.54) is 19.2 Å². The van der Waals surface area contributed by atoms with Gasteiger partial charge in [0.1, 0.15) is 0 Å². The fraction of sp³-hybridized carbons (Fsp3) is 0.381. The van der Waals surface area contributed by atoms with E-state index in [1.54, 1.807) is 18.2 Å². The number of carbonyl (C=O) groups excluding carboxylic acids is 1. The molecule has 0 saturated carbocycles. The monoisotopic (exact) mass is 368 g/mol. The zero-order valence-corrected chi connectivity index (χ0v) is 16.1. The highest BCUT2D eigenvalue weighted by Gasteiger charge is 2.14. The molecule has 0 atom stereocenters. The minimum absolute atomic E-state index is 0.391. The molecule has 6 nitrogen and oxygen atoms in total. The largest absolute Gasteiger partial charge is 0.465 e. The van der Waals surface area contributed by atoms with E-state index in [0.29, 0.717) is 11.3 Å². The predicted octanol–water partition coefficient (Wildman–Crippen LogP) is 3.33. The summed E-state index contributed by atoms with van der Waals surface area (Å²) >= 11 is 0. The van der Waals surface area contributed by atoms with Gasteiger partial charge in [0.2, 0.25) is 0 Å². The molecule has 3 rings (SSSR count). The van der Waals surface area contributed by atoms with Crippen molar-refractivity contribution < 1.29 is 9.53 Å². The first-order chi connectivity index (χ1) is 13.1. The van der Waals surface area contributed by atoms with Gasteiger partial charge in [0.25, 0.3) is 0 Å². The quantitative estimate of drug-likeness (QED) is 0.623. The SMILES string of the molecule is CCN1CCCN(c2cccc(Nc3ccc(C(=O)OC)cc3N)c2)CC1. The van der Waals surface area contributed by atoms with E-state index in [1.807, 2.05) is 6.07 Å². The zero-order valence-electron chi connectivity index (χ0n) is 16.1. The molecule has 1 aliphatic heterocycles. The molecule has 0 amide bonds. The second-order valence-corrected chi connectivity index (χ2v) is 6.74. The predicted molar refractivity (Wildman–Crippen MR) is 111 cm³/mol. The summed E-state index contributed by atoms with van der Waals surface area (Å²) in [5, 5.41) is 3.36. The summed E-state index contributed by atoms with van der Waals surface area (Å²) in [6.45, 7) is 7.68. The molecular formula is C21H28N4O2. The molecular weight excluding hydrogens is 340 g/mol. The van der Waals surface area contributed by atoms with Gasteiger partial charge in [0, 0.05) is 31.0 Å². The lowest BCUT2D eigenvalue weighted by Crippen LogP contribution is -2.30. The molecule has 1 aliphatic rings. The number of anilines is 4. The van der Waals surface area contributed by atoms with Crippen molar-refractivity contribution in [3.63, 3.8) is 0 Å². The molecule has 0 bridgehead atoms. The first kappa shape index (κ1) is 19.0. The molecule has 1 fully saturated rings. The van der Waals surface area contributed by atoms with Crippen molar-refractivity contribution in [2.24, 2.45) is 0 Å². The normalized spacial score (nSPS) is 15.3. The van der Waals surface area contributed by atoms with E-state index in [-0.39, 0.29) is 0 Å². The number of ether oxygens (including phenoxy) is 1. The molecule has 3 N–H and O–H groups in total. The Balaban J connectivity index is 1.73. The highest BCUT2D eigenvalue weighted by molar-refractivity contribution is 5.92. The van der Waals surface area contributed by atoms with Gasteiger partial charge < -0.3 is 25.6 Å². The molecule has 2 aromatic rings. The standard InChI is InChI=1S/C21H28N4O2/c1-3-24-10-5-11-25(13-12-24)18-7-4-6-17(15-18)23-20-9-8-16(14-19(20)22)21(26)27-2/h4,6-9,14-15,23H,3,5,10-13,22H2,1-2H3. The van der Waals surface area contributed by atoms with Crippen molar-refractivity contribution in [3.8, 4) is 0 Å². The van der Waals surface area contributed by atoms with E-state index in [9.17, 15) is 4.79 Å². The summed E-state index contributed by atoms with van der Waals surface area (Å²) in [4.78, 5) is 16.5. The van der Waals surface area contributed by atoms with Crippen LogP contribution in [0.3, 0.4) is 0 Å². The number of nitrogens with zero attached hydrogens (tertiary/aromatic N) is 2. The maximum Gasteiger partial charge on any atom is 0.337 e. The number of methoxy groups -OCH3 is 1. The lowest BCUT2D eigenvalue weighted by Gasteiger charge is -2.24. The van der Waals surface area contributed by atoms with E-state index >= 15 is 0 Å². The van der Waals surface area contributed by atoms with Gasteiger partial charge in [-0.2, -0.15) is 0 Å². The second-order valence-electron chi connectivity index (χ2n) is 6.74. The topological polar surface area (TPSA) is 70.8 Å². The molecule has 27 heavy (non-hydrogen) atoms. The third kappa shape index (κ3) is 4.71. The summed E-state index contributed by atoms with van der Waals surface area (Å²) in [6, 6.07) is 13.5. The summed E-state index contributed by atoms with van der Waals surface area (Å²) in [5.41, 5.74) is 10.0. The fourth-order valence-electron chi connectivity index (χ4n) is 3.40. The van der Waals surface area contributed by atoms with Crippen LogP contribution >= 0.6 is 0 Å². The van der Waals surface area contributed by atoms with Gasteiger partial charge in [-0.05, 0) is 55.9 Å². The summed E-state index contributed by atoms with van der Waals surface area (Å²) in [5.74, 6) is -0.391. The number of nitrogen functional groups attached to an aromatic ring is 1. The summed E-state index contributed by atoms with van der Waals surface area (Å²) in [6.07, 6.45) is 1.17. The van der Waals surface area contributed by atoms with Crippen LogP contribution in [0.1, 0.15) is 23.7 Å². The van der Waals surface area contributed by atoms with Crippen molar-refractivity contribution in [1.82, 2.24) is 4.90 Å². The molecule has 144 valence electrons. The second kappa shape index (κ2) is 8.77. The third-order valence-electron chi connectivity index (χ3n) is 5.00. The lowest BCUT2D eigenvalue weighted by molar-refractivity contribution is 0.0601. The molecule has 1 heterocycles. The highest BCUT2D eigenvalue weighted by atomic mass is 16.5. The van der Waals surface area contributed by atoms with Gasteiger partial charge in [-0.25, -0.2) is 4.79 Å². The van der Waals surface area contributed by atoms with E-state index in [4.69, 9.17) is 10.5 Å². The minimum atomic E-state index is -0.391. The first-order valence-corrected chi connectivity index (χ1v) is 9.43. The van der Waals surface area contributed by atoms with Crippen LogP contribution in [0.4, 0.5) is 22.7 Å². The Labute approximate surface area is 160 Å². The number of hydrogen-bond donors (Lipinski definition) is 2. The van der Waals surface area contributed by atoms with E-state index in [2.05, 4.69) is 40.2 Å². The fourth-order valence-corrected chi connectivity index (χ4v) is 3.40. The molecule has 0 unspecified atom stereocenters. The number of nitrogens with one attached hydrogen (secondary N) is 1. The highest BCUT2D eigenvalue weighted by Crippen LogP contribution is 2.27. The average molecular weight is 368 g/mol. The number of nitrogens with two attached hydrogens (primary N) is 1. The van der Waals surface area contributed by atoms with Crippen molar-refractivity contribution in [3.05, 3.63) is 48.0 Å². The van der Waals surface area contributed by atoms with Gasteiger partial charge >= 0.3 is 5.97 Å². The van der Waals surface area contributed by atoms with Gasteiger partial charge in [0.05, 0.1) is 24.0 Å². The van der Waals surface area contributed by atoms with Crippen molar-refractivity contribution >= 4 is 28.7 Å². The Morgan fingerprint density at radius 3 is 2.74 bits per heavy atom. The van der Waals surface area contributed by atoms with Crippen LogP contribution in [0.5, 0.6) is 0 Å². The Hall–Kier alpha value is -2.73. The van der Waals surface area contributed by atoms with Crippen LogP contribution in [-0.2, 0) is 4.74 Å². The number of hydrogen-bond acceptors (Lipinski definition) is 6. The Morgan fingerprint density at radius 2 is 2.00 bits per heavy atom. The van der Waals surface area contributed by atoms with Crippen LogP contribution in [0.2, 0.25) is 0 Å². The molecule has 2 aromatic carbocycles. The van der Waals surface area contributed by atoms with Crippen LogP contribution in [-0.4, -0.2) is 50.7 Å². The van der Waals surface area contributed by atoms with E-state index in [0.717, 1.165) is 44.1 Å². The van der Waals surface area contributed by atoms with Crippen molar-refractivity contribution in [1.29, 1.82) is 0 Å². The smallest absolute Gasteiger partial charge is 0.337 e. The molecule has 0 radical (unpaired) electrons. The Bertz CT molecular complexity index is 794. The van der Waals surface area contributed by atoms with E-state index < -0.39 is 5.97 Å². The number of benzene rings is 2. The first-order valence-electron chi connectivity index (χ1n) is 9.43. The number of esters is 1. The lowest BCUT2D eigenvalue weighted by atomic mass is 10.1. The number of carbonyl (C=O) groups is 1. The van der Waals surface area contributed by atoms with Crippen LogP contribution in [0, 0.1) is 0 Å². The van der Waals surface area contributed by atoms with Crippen molar-refractivity contribution in [2.45, 2.75) is 13.3 Å². The van der Waals surface area contributed by atoms with Crippen molar-refractivity contribution in [2.75, 3.05) is 55.8 Å². The molecule has 0 spiro atoms. The average Bonchev–Trinajstić information content (AvgIpc) is 2.95. The Kier molecular flexibility index (Phi) is 6.19. The van der Waals surface area contributed by atoms with Gasteiger partial charge in [-0.1, -0.05) is 13.0 Å². The Morgan fingerprint density at radius 1 is 1.15 bits per heavy atom. The minimum Gasteiger partial charge on any atom is -0.465 e. The maximum atomic E-state index is 11.6. The molecule has 1 saturated heterocycles. The van der Waals surface area contributed by atoms with Gasteiger partial charge in [-0.3, -0.25) is 0 Å². The van der Waals surface area contributed by atoms with Crippen LogP contribution < -0.4 is 16.0 Å². The van der Waals surface area contributed by atoms with Crippen LogP contribution in [0.25, 0.3) is 0 Å². The number of likely N-dealkylation sites (N-methyl/N-ethyl adjacent to an activating group) is 1. The molecule has 6 heteroatoms. The summed E-state index contributed by atoms with van der Waals surface area (Å²) in [7, 11) is 1.36. The zero-order chi connectivity index (χ0) is 19.2. The maximum absolute atomic E-state index is 11.6.